The number of hydrogen-bond acceptors (Lipinski definition) is 0. The summed E-state index contributed by atoms with van der Waals surface area (Å²) in [4.78, 5) is 3.42. The summed E-state index contributed by atoms with van der Waals surface area (Å²) >= 11 is 0. The molecule has 0 saturated carbocycles. The minimum absolute atomic E-state index is 0.577. The predicted molar refractivity (Wildman–Crippen MR) is 57.1 cm³/mol. The van der Waals surface area contributed by atoms with Gasteiger partial charge >= 0.3 is 0 Å². The Bertz CT molecular complexity index is 424. The zero-order chi connectivity index (χ0) is 9.42. The maximum Gasteiger partial charge on any atom is 0.0456 e. The van der Waals surface area contributed by atoms with Gasteiger partial charge in [-0.3, -0.25) is 0 Å². The minimum atomic E-state index is 0.577. The van der Waals surface area contributed by atoms with Crippen molar-refractivity contribution in [3.63, 3.8) is 0 Å². The van der Waals surface area contributed by atoms with E-state index in [9.17, 15) is 0 Å². The standard InChI is InChI=1S/C12H15N/c1-8(2)12-7-10-6-9(3)4-5-11(10)13-12/h4-8,13H,1-3H3. The first-order valence-electron chi connectivity index (χ1n) is 4.76. The molecular weight excluding hydrogens is 158 g/mol. The molecule has 0 bridgehead atoms. The van der Waals surface area contributed by atoms with Crippen LogP contribution in [0.15, 0.2) is 24.3 Å². The summed E-state index contributed by atoms with van der Waals surface area (Å²) in [6, 6.07) is 8.75. The van der Waals surface area contributed by atoms with E-state index < -0.39 is 0 Å². The highest BCUT2D eigenvalue weighted by Crippen LogP contribution is 2.21. The van der Waals surface area contributed by atoms with Crippen molar-refractivity contribution in [1.82, 2.24) is 4.98 Å². The molecule has 0 spiro atoms. The maximum absolute atomic E-state index is 3.42. The average molecular weight is 173 g/mol. The molecule has 1 aromatic carbocycles. The van der Waals surface area contributed by atoms with Crippen molar-refractivity contribution >= 4 is 10.9 Å². The van der Waals surface area contributed by atoms with Gasteiger partial charge in [0.25, 0.3) is 0 Å². The first-order chi connectivity index (χ1) is 6.16. The van der Waals surface area contributed by atoms with Gasteiger partial charge in [0, 0.05) is 11.2 Å². The summed E-state index contributed by atoms with van der Waals surface area (Å²) in [7, 11) is 0. The Hall–Kier alpha value is -1.24. The summed E-state index contributed by atoms with van der Waals surface area (Å²) in [6.45, 7) is 6.54. The van der Waals surface area contributed by atoms with Crippen LogP contribution in [0.25, 0.3) is 10.9 Å². The lowest BCUT2D eigenvalue weighted by atomic mass is 10.1. The third-order valence-electron chi connectivity index (χ3n) is 2.42. The van der Waals surface area contributed by atoms with Gasteiger partial charge in [0.05, 0.1) is 0 Å². The molecule has 0 unspecified atom stereocenters. The van der Waals surface area contributed by atoms with Crippen LogP contribution >= 0.6 is 0 Å². The van der Waals surface area contributed by atoms with Crippen LogP contribution in [0.5, 0.6) is 0 Å². The molecule has 0 atom stereocenters. The maximum atomic E-state index is 3.42. The number of rotatable bonds is 1. The number of aromatic nitrogens is 1. The zero-order valence-corrected chi connectivity index (χ0v) is 8.39. The largest absolute Gasteiger partial charge is 0.358 e. The molecular formula is C12H15N. The first-order valence-corrected chi connectivity index (χ1v) is 4.76. The molecule has 1 heteroatoms. The number of aromatic amines is 1. The van der Waals surface area contributed by atoms with E-state index in [1.165, 1.54) is 22.2 Å². The number of H-pyrrole nitrogens is 1. The molecule has 13 heavy (non-hydrogen) atoms. The van der Waals surface area contributed by atoms with Crippen LogP contribution < -0.4 is 0 Å². The Labute approximate surface area is 78.8 Å². The summed E-state index contributed by atoms with van der Waals surface area (Å²) in [6.07, 6.45) is 0. The Morgan fingerprint density at radius 2 is 1.92 bits per heavy atom. The molecule has 0 saturated heterocycles. The fraction of sp³-hybridized carbons (Fsp3) is 0.333. The van der Waals surface area contributed by atoms with E-state index in [1.54, 1.807) is 0 Å². The van der Waals surface area contributed by atoms with Gasteiger partial charge in [-0.1, -0.05) is 25.5 Å². The van der Waals surface area contributed by atoms with Gasteiger partial charge in [0.15, 0.2) is 0 Å². The molecule has 2 rings (SSSR count). The second-order valence-corrected chi connectivity index (χ2v) is 3.97. The quantitative estimate of drug-likeness (QED) is 0.678. The van der Waals surface area contributed by atoms with Crippen molar-refractivity contribution in [3.8, 4) is 0 Å². The number of nitrogens with one attached hydrogen (secondary N) is 1. The van der Waals surface area contributed by atoms with E-state index in [1.807, 2.05) is 0 Å². The molecule has 0 radical (unpaired) electrons. The summed E-state index contributed by atoms with van der Waals surface area (Å²) in [5, 5.41) is 1.32. The van der Waals surface area contributed by atoms with Crippen molar-refractivity contribution in [2.75, 3.05) is 0 Å². The Kier molecular flexibility index (Phi) is 1.87. The number of hydrogen-bond donors (Lipinski definition) is 1. The van der Waals surface area contributed by atoms with E-state index >= 15 is 0 Å². The third-order valence-corrected chi connectivity index (χ3v) is 2.42. The van der Waals surface area contributed by atoms with Gasteiger partial charge in [-0.15, -0.1) is 0 Å². The molecule has 0 amide bonds. The van der Waals surface area contributed by atoms with E-state index in [4.69, 9.17) is 0 Å². The van der Waals surface area contributed by atoms with Crippen molar-refractivity contribution in [1.29, 1.82) is 0 Å². The van der Waals surface area contributed by atoms with Crippen molar-refractivity contribution < 1.29 is 0 Å². The second-order valence-electron chi connectivity index (χ2n) is 3.97. The molecule has 1 N–H and O–H groups in total. The smallest absolute Gasteiger partial charge is 0.0456 e. The highest BCUT2D eigenvalue weighted by Gasteiger charge is 2.03. The van der Waals surface area contributed by atoms with Crippen molar-refractivity contribution in [2.45, 2.75) is 26.7 Å². The topological polar surface area (TPSA) is 15.8 Å². The Morgan fingerprint density at radius 3 is 2.62 bits per heavy atom. The lowest BCUT2D eigenvalue weighted by Gasteiger charge is -1.97. The van der Waals surface area contributed by atoms with Gasteiger partial charge in [0.1, 0.15) is 0 Å². The van der Waals surface area contributed by atoms with E-state index in [0.717, 1.165) is 0 Å². The van der Waals surface area contributed by atoms with Crippen LogP contribution in [0.2, 0.25) is 0 Å². The summed E-state index contributed by atoms with van der Waals surface area (Å²) in [5.41, 5.74) is 3.89. The van der Waals surface area contributed by atoms with Crippen molar-refractivity contribution in [2.24, 2.45) is 0 Å². The van der Waals surface area contributed by atoms with Gasteiger partial charge in [-0.25, -0.2) is 0 Å². The van der Waals surface area contributed by atoms with E-state index in [0.29, 0.717) is 5.92 Å². The fourth-order valence-corrected chi connectivity index (χ4v) is 1.59. The lowest BCUT2D eigenvalue weighted by Crippen LogP contribution is -1.84. The zero-order valence-electron chi connectivity index (χ0n) is 8.39. The monoisotopic (exact) mass is 173 g/mol. The second kappa shape index (κ2) is 2.91. The number of fused-ring (bicyclic) bond motifs is 1. The molecule has 2 aromatic rings. The van der Waals surface area contributed by atoms with Crippen LogP contribution in [0.4, 0.5) is 0 Å². The SMILES string of the molecule is Cc1ccc2[nH]c(C(C)C)cc2c1. The highest BCUT2D eigenvalue weighted by molar-refractivity contribution is 5.81. The van der Waals surface area contributed by atoms with E-state index in [-0.39, 0.29) is 0 Å². The highest BCUT2D eigenvalue weighted by atomic mass is 14.7. The molecule has 1 heterocycles. The fourth-order valence-electron chi connectivity index (χ4n) is 1.59. The molecule has 0 fully saturated rings. The third kappa shape index (κ3) is 1.46. The summed E-state index contributed by atoms with van der Waals surface area (Å²) in [5.74, 6) is 0.577. The Morgan fingerprint density at radius 1 is 1.15 bits per heavy atom. The Balaban J connectivity index is 2.62. The van der Waals surface area contributed by atoms with Gasteiger partial charge in [-0.05, 0) is 36.4 Å². The van der Waals surface area contributed by atoms with Crippen LogP contribution in [-0.4, -0.2) is 4.98 Å². The lowest BCUT2D eigenvalue weighted by molar-refractivity contribution is 0.836. The molecule has 0 aliphatic heterocycles. The first kappa shape index (κ1) is 8.36. The van der Waals surface area contributed by atoms with Gasteiger partial charge in [-0.2, -0.15) is 0 Å². The van der Waals surface area contributed by atoms with Crippen molar-refractivity contribution in [3.05, 3.63) is 35.5 Å². The van der Waals surface area contributed by atoms with Crippen LogP contribution in [0.1, 0.15) is 31.0 Å². The van der Waals surface area contributed by atoms with Crippen LogP contribution in [-0.2, 0) is 0 Å². The number of aryl methyl sites for hydroxylation is 1. The van der Waals surface area contributed by atoms with Crippen LogP contribution in [0.3, 0.4) is 0 Å². The molecule has 0 aliphatic carbocycles. The van der Waals surface area contributed by atoms with Crippen LogP contribution in [0, 0.1) is 6.92 Å². The number of benzene rings is 1. The molecule has 0 aliphatic rings. The molecule has 1 nitrogen and oxygen atoms in total. The van der Waals surface area contributed by atoms with E-state index in [2.05, 4.69) is 50.0 Å². The summed E-state index contributed by atoms with van der Waals surface area (Å²) < 4.78 is 0. The normalized spacial score (nSPS) is 11.4. The average Bonchev–Trinajstić information content (AvgIpc) is 2.46. The van der Waals surface area contributed by atoms with Gasteiger partial charge in [0.2, 0.25) is 0 Å². The predicted octanol–water partition coefficient (Wildman–Crippen LogP) is 3.60. The molecule has 1 aromatic heterocycles. The van der Waals surface area contributed by atoms with Gasteiger partial charge < -0.3 is 4.98 Å². The minimum Gasteiger partial charge on any atom is -0.358 e. The molecule has 68 valence electrons.